The molecule has 172 valence electrons. The first-order valence-electron chi connectivity index (χ1n) is 9.24. The summed E-state index contributed by atoms with van der Waals surface area (Å²) >= 11 is 0. The van der Waals surface area contributed by atoms with Crippen LogP contribution in [0.15, 0.2) is 12.5 Å². The summed E-state index contributed by atoms with van der Waals surface area (Å²) in [6, 6.07) is -3.97. The van der Waals surface area contributed by atoms with Gasteiger partial charge in [0.25, 0.3) is 0 Å². The Morgan fingerprint density at radius 3 is 2.35 bits per heavy atom. The summed E-state index contributed by atoms with van der Waals surface area (Å²) in [4.78, 5) is 64.8. The van der Waals surface area contributed by atoms with Gasteiger partial charge in [0.15, 0.2) is 6.04 Å². The molecule has 0 aliphatic heterocycles. The lowest BCUT2D eigenvalue weighted by molar-refractivity contribution is -0.145. The molecule has 14 nitrogen and oxygen atoms in total. The molecule has 1 heterocycles. The predicted octanol–water partition coefficient (Wildman–Crippen LogP) is -3.30. The zero-order valence-corrected chi connectivity index (χ0v) is 16.7. The average Bonchev–Trinajstić information content (AvgIpc) is 3.20. The van der Waals surface area contributed by atoms with Crippen molar-refractivity contribution < 1.29 is 39.3 Å². The molecule has 31 heavy (non-hydrogen) atoms. The zero-order chi connectivity index (χ0) is 23.6. The molecular formula is C17H26N6O8. The smallest absolute Gasteiger partial charge is 0.328 e. The number of aliphatic carboxylic acids is 2. The number of aliphatic hydroxyl groups is 1. The number of hydrogen-bond acceptors (Lipinski definition) is 8. The van der Waals surface area contributed by atoms with E-state index in [1.807, 2.05) is 0 Å². The average molecular weight is 442 g/mol. The molecule has 14 heteroatoms. The van der Waals surface area contributed by atoms with Crippen LogP contribution < -0.4 is 21.7 Å². The van der Waals surface area contributed by atoms with E-state index < -0.39 is 60.4 Å². The minimum atomic E-state index is -1.60. The number of hydrogen-bond donors (Lipinski definition) is 8. The molecule has 0 aromatic carbocycles. The maximum Gasteiger partial charge on any atom is 0.328 e. The molecule has 0 bridgehead atoms. The summed E-state index contributed by atoms with van der Waals surface area (Å²) in [6.07, 6.45) is 0.844. The second kappa shape index (κ2) is 12.2. The molecule has 0 saturated heterocycles. The van der Waals surface area contributed by atoms with Gasteiger partial charge >= 0.3 is 11.9 Å². The normalized spacial score (nSPS) is 14.5. The van der Waals surface area contributed by atoms with Crippen LogP contribution in [0.5, 0.6) is 0 Å². The second-order valence-corrected chi connectivity index (χ2v) is 6.72. The number of carbonyl (C=O) groups excluding carboxylic acids is 3. The van der Waals surface area contributed by atoms with Crippen molar-refractivity contribution in [3.63, 3.8) is 0 Å². The highest BCUT2D eigenvalue weighted by Crippen LogP contribution is 2.02. The Labute approximate surface area is 176 Å². The number of aromatic nitrogens is 2. The lowest BCUT2D eigenvalue weighted by atomic mass is 10.1. The van der Waals surface area contributed by atoms with Crippen molar-refractivity contribution in [3.8, 4) is 0 Å². The number of aromatic amines is 1. The molecule has 3 amide bonds. The maximum absolute atomic E-state index is 12.5. The minimum absolute atomic E-state index is 0.0736. The third-order valence-electron chi connectivity index (χ3n) is 4.11. The Morgan fingerprint density at radius 1 is 1.16 bits per heavy atom. The number of carboxylic acid groups (broad SMARTS) is 2. The van der Waals surface area contributed by atoms with Gasteiger partial charge in [0.2, 0.25) is 17.7 Å². The van der Waals surface area contributed by atoms with Gasteiger partial charge in [-0.05, 0) is 13.3 Å². The highest BCUT2D eigenvalue weighted by atomic mass is 16.4. The minimum Gasteiger partial charge on any atom is -0.481 e. The Bertz CT molecular complexity index is 782. The van der Waals surface area contributed by atoms with Gasteiger partial charge in [0, 0.05) is 24.7 Å². The fourth-order valence-corrected chi connectivity index (χ4v) is 2.42. The summed E-state index contributed by atoms with van der Waals surface area (Å²) in [5.74, 6) is -4.97. The Kier molecular flexibility index (Phi) is 10.1. The lowest BCUT2D eigenvalue weighted by Gasteiger charge is -2.22. The van der Waals surface area contributed by atoms with Crippen LogP contribution in [0.25, 0.3) is 0 Å². The number of amides is 3. The van der Waals surface area contributed by atoms with Crippen molar-refractivity contribution in [2.45, 2.75) is 50.4 Å². The third-order valence-corrected chi connectivity index (χ3v) is 4.11. The molecule has 1 aromatic rings. The molecule has 9 N–H and O–H groups in total. The number of aliphatic hydroxyl groups excluding tert-OH is 1. The van der Waals surface area contributed by atoms with Crippen LogP contribution in [0, 0.1) is 0 Å². The molecule has 1 rings (SSSR count). The summed E-state index contributed by atoms with van der Waals surface area (Å²) < 4.78 is 0. The van der Waals surface area contributed by atoms with Crippen molar-refractivity contribution in [2.75, 3.05) is 6.54 Å². The van der Waals surface area contributed by atoms with E-state index in [0.29, 0.717) is 5.69 Å². The van der Waals surface area contributed by atoms with Crippen molar-refractivity contribution in [3.05, 3.63) is 18.2 Å². The van der Waals surface area contributed by atoms with Gasteiger partial charge in [-0.3, -0.25) is 19.2 Å². The molecule has 4 unspecified atom stereocenters. The number of imidazole rings is 1. The number of nitrogens with one attached hydrogen (secondary N) is 4. The Morgan fingerprint density at radius 2 is 1.84 bits per heavy atom. The Hall–Kier alpha value is -3.52. The van der Waals surface area contributed by atoms with Crippen LogP contribution in [0.2, 0.25) is 0 Å². The van der Waals surface area contributed by atoms with E-state index in [4.69, 9.17) is 15.9 Å². The number of nitrogens with two attached hydrogens (primary N) is 1. The summed E-state index contributed by atoms with van der Waals surface area (Å²) in [5, 5.41) is 34.0. The van der Waals surface area contributed by atoms with Crippen molar-refractivity contribution in [1.82, 2.24) is 25.9 Å². The largest absolute Gasteiger partial charge is 0.481 e. The highest BCUT2D eigenvalue weighted by molar-refractivity contribution is 5.92. The van der Waals surface area contributed by atoms with E-state index in [2.05, 4.69) is 25.9 Å². The van der Waals surface area contributed by atoms with Crippen LogP contribution in [-0.2, 0) is 30.4 Å². The fourth-order valence-electron chi connectivity index (χ4n) is 2.42. The van der Waals surface area contributed by atoms with Gasteiger partial charge in [-0.1, -0.05) is 0 Å². The van der Waals surface area contributed by atoms with Gasteiger partial charge < -0.3 is 42.0 Å². The summed E-state index contributed by atoms with van der Waals surface area (Å²) in [6.45, 7) is 0.635. The highest BCUT2D eigenvalue weighted by Gasteiger charge is 2.30. The zero-order valence-electron chi connectivity index (χ0n) is 16.7. The maximum atomic E-state index is 12.5. The first-order valence-corrected chi connectivity index (χ1v) is 9.24. The second-order valence-electron chi connectivity index (χ2n) is 6.72. The SMILES string of the molecule is CC(O)C(NC(=O)C(Cc1cnc[nH]1)NC(=O)CNC(=O)C(N)CCC(=O)O)C(=O)O. The fraction of sp³-hybridized carbons (Fsp3) is 0.529. The van der Waals surface area contributed by atoms with Crippen molar-refractivity contribution >= 4 is 29.7 Å². The topological polar surface area (TPSA) is 237 Å². The molecule has 0 radical (unpaired) electrons. The first kappa shape index (κ1) is 25.5. The standard InChI is InChI=1S/C17H26N6O8/c1-8(24)14(17(30)31)23-16(29)11(4-9-5-19-7-21-9)22-12(25)6-20-15(28)10(18)2-3-13(26)27/h5,7-8,10-11,14,24H,2-4,6,18H2,1H3,(H,19,21)(H,20,28)(H,22,25)(H,23,29)(H,26,27)(H,30,31). The van der Waals surface area contributed by atoms with Gasteiger partial charge in [0.1, 0.15) is 6.04 Å². The van der Waals surface area contributed by atoms with Crippen LogP contribution >= 0.6 is 0 Å². The molecule has 4 atom stereocenters. The predicted molar refractivity (Wildman–Crippen MR) is 103 cm³/mol. The summed E-state index contributed by atoms with van der Waals surface area (Å²) in [5.41, 5.74) is 6.00. The quantitative estimate of drug-likeness (QED) is 0.151. The van der Waals surface area contributed by atoms with Crippen LogP contribution in [0.1, 0.15) is 25.5 Å². The monoisotopic (exact) mass is 442 g/mol. The van der Waals surface area contributed by atoms with E-state index in [1.165, 1.54) is 19.4 Å². The van der Waals surface area contributed by atoms with Crippen molar-refractivity contribution in [1.29, 1.82) is 0 Å². The molecular weight excluding hydrogens is 416 g/mol. The number of carboxylic acids is 2. The molecule has 0 aliphatic rings. The van der Waals surface area contributed by atoms with E-state index >= 15 is 0 Å². The van der Waals surface area contributed by atoms with Gasteiger partial charge in [-0.2, -0.15) is 0 Å². The number of rotatable bonds is 13. The molecule has 0 fully saturated rings. The van der Waals surface area contributed by atoms with Crippen LogP contribution in [0.4, 0.5) is 0 Å². The van der Waals surface area contributed by atoms with Gasteiger partial charge in [0.05, 0.1) is 25.0 Å². The lowest BCUT2D eigenvalue weighted by Crippen LogP contribution is -2.56. The third kappa shape index (κ3) is 9.22. The molecule has 0 aliphatic carbocycles. The van der Waals surface area contributed by atoms with Crippen LogP contribution in [0.3, 0.4) is 0 Å². The van der Waals surface area contributed by atoms with E-state index in [9.17, 15) is 29.1 Å². The number of H-pyrrole nitrogens is 1. The number of nitrogens with zero attached hydrogens (tertiary/aromatic N) is 1. The number of carbonyl (C=O) groups is 5. The van der Waals surface area contributed by atoms with E-state index in [1.54, 1.807) is 0 Å². The molecule has 1 aromatic heterocycles. The van der Waals surface area contributed by atoms with Crippen LogP contribution in [-0.4, -0.2) is 85.7 Å². The molecule has 0 spiro atoms. The van der Waals surface area contributed by atoms with Gasteiger partial charge in [-0.15, -0.1) is 0 Å². The van der Waals surface area contributed by atoms with E-state index in [-0.39, 0.29) is 19.3 Å². The first-order chi connectivity index (χ1) is 14.5. The summed E-state index contributed by atoms with van der Waals surface area (Å²) in [7, 11) is 0. The van der Waals surface area contributed by atoms with Crippen molar-refractivity contribution in [2.24, 2.45) is 5.73 Å². The molecule has 0 saturated carbocycles. The Balaban J connectivity index is 2.73. The van der Waals surface area contributed by atoms with Gasteiger partial charge in [-0.25, -0.2) is 9.78 Å². The van der Waals surface area contributed by atoms with E-state index in [0.717, 1.165) is 0 Å².